The maximum atomic E-state index is 12.9. The molecule has 2 aromatic rings. The highest BCUT2D eigenvalue weighted by Gasteiger charge is 2.48. The quantitative estimate of drug-likeness (QED) is 0.461. The van der Waals surface area contributed by atoms with Gasteiger partial charge in [0.2, 0.25) is 5.54 Å². The fourth-order valence-corrected chi connectivity index (χ4v) is 3.52. The van der Waals surface area contributed by atoms with Gasteiger partial charge in [-0.2, -0.15) is 0 Å². The second kappa shape index (κ2) is 8.03. The first-order chi connectivity index (χ1) is 15.3. The lowest BCUT2D eigenvalue weighted by molar-refractivity contribution is -0.122. The number of carbonyl (C=O) groups is 4. The second-order valence-corrected chi connectivity index (χ2v) is 7.26. The molecule has 0 aliphatic carbocycles. The summed E-state index contributed by atoms with van der Waals surface area (Å²) in [6.45, 7) is 0.129. The van der Waals surface area contributed by atoms with E-state index in [1.807, 2.05) is 0 Å². The molecule has 162 valence electrons. The summed E-state index contributed by atoms with van der Waals surface area (Å²) in [6, 6.07) is 7.57. The Morgan fingerprint density at radius 2 is 2.09 bits per heavy atom. The summed E-state index contributed by atoms with van der Waals surface area (Å²) < 4.78 is 5.18. The van der Waals surface area contributed by atoms with Crippen LogP contribution in [0, 0.1) is 11.8 Å². The maximum Gasteiger partial charge on any atom is 0.323 e. The van der Waals surface area contributed by atoms with Crippen molar-refractivity contribution < 1.29 is 23.9 Å². The van der Waals surface area contributed by atoms with Gasteiger partial charge in [0.1, 0.15) is 11.4 Å². The standard InChI is InChI=1S/C22H19N5O5/c1-23-18(28)17-6-3-13(10-24-17)7-8-22(20(30)25-21(31)26-22)12-27-11-14-4-5-15(32-2)9-16(14)19(27)29/h3-6,9-10H,11-12H2,1-2H3,(H,23,28)(H2,25,26,30,31). The van der Waals surface area contributed by atoms with E-state index in [1.54, 1.807) is 24.3 Å². The predicted molar refractivity (Wildman–Crippen MR) is 112 cm³/mol. The summed E-state index contributed by atoms with van der Waals surface area (Å²) in [4.78, 5) is 54.6. The summed E-state index contributed by atoms with van der Waals surface area (Å²) in [5.41, 5.74) is 0.296. The molecule has 1 saturated heterocycles. The van der Waals surface area contributed by atoms with Crippen molar-refractivity contribution in [2.24, 2.45) is 0 Å². The lowest BCUT2D eigenvalue weighted by Gasteiger charge is -2.26. The molecule has 3 heterocycles. The molecule has 1 aromatic carbocycles. The van der Waals surface area contributed by atoms with Gasteiger partial charge in [-0.15, -0.1) is 0 Å². The number of hydrogen-bond acceptors (Lipinski definition) is 6. The molecule has 10 nitrogen and oxygen atoms in total. The average Bonchev–Trinajstić information content (AvgIpc) is 3.26. The van der Waals surface area contributed by atoms with Gasteiger partial charge in [-0.1, -0.05) is 17.9 Å². The third-order valence-corrected chi connectivity index (χ3v) is 5.21. The number of benzene rings is 1. The van der Waals surface area contributed by atoms with Crippen LogP contribution >= 0.6 is 0 Å². The van der Waals surface area contributed by atoms with Crippen molar-refractivity contribution in [1.82, 2.24) is 25.8 Å². The third kappa shape index (κ3) is 3.72. The Morgan fingerprint density at radius 3 is 2.72 bits per heavy atom. The Kier molecular flexibility index (Phi) is 5.24. The van der Waals surface area contributed by atoms with Crippen LogP contribution in [0.4, 0.5) is 4.79 Å². The first kappa shape index (κ1) is 20.9. The van der Waals surface area contributed by atoms with Gasteiger partial charge in [0.25, 0.3) is 17.7 Å². The third-order valence-electron chi connectivity index (χ3n) is 5.21. The number of fused-ring (bicyclic) bond motifs is 1. The van der Waals surface area contributed by atoms with Crippen molar-refractivity contribution in [2.75, 3.05) is 20.7 Å². The van der Waals surface area contributed by atoms with E-state index >= 15 is 0 Å². The Balaban J connectivity index is 1.61. The van der Waals surface area contributed by atoms with Crippen molar-refractivity contribution in [3.63, 3.8) is 0 Å². The Morgan fingerprint density at radius 1 is 1.28 bits per heavy atom. The first-order valence-corrected chi connectivity index (χ1v) is 9.66. The van der Waals surface area contributed by atoms with Crippen LogP contribution in [-0.4, -0.2) is 59.9 Å². The molecule has 2 aliphatic heterocycles. The Hall–Kier alpha value is -4.39. The highest BCUT2D eigenvalue weighted by molar-refractivity contribution is 6.10. The van der Waals surface area contributed by atoms with Crippen molar-refractivity contribution in [1.29, 1.82) is 0 Å². The van der Waals surface area contributed by atoms with Crippen LogP contribution in [0.1, 0.15) is 32.0 Å². The molecule has 10 heteroatoms. The van der Waals surface area contributed by atoms with E-state index in [0.29, 0.717) is 16.9 Å². The van der Waals surface area contributed by atoms with Crippen molar-refractivity contribution in [3.05, 3.63) is 58.9 Å². The van der Waals surface area contributed by atoms with Crippen molar-refractivity contribution in [2.45, 2.75) is 12.1 Å². The molecule has 1 aromatic heterocycles. The zero-order valence-electron chi connectivity index (χ0n) is 17.3. The van der Waals surface area contributed by atoms with Crippen LogP contribution in [-0.2, 0) is 11.3 Å². The smallest absolute Gasteiger partial charge is 0.323 e. The lowest BCUT2D eigenvalue weighted by Crippen LogP contribution is -2.54. The summed E-state index contributed by atoms with van der Waals surface area (Å²) in [6.07, 6.45) is 1.39. The van der Waals surface area contributed by atoms with Crippen LogP contribution < -0.4 is 20.7 Å². The summed E-state index contributed by atoms with van der Waals surface area (Å²) in [5, 5.41) is 7.20. The van der Waals surface area contributed by atoms with Gasteiger partial charge in [-0.3, -0.25) is 19.7 Å². The number of ether oxygens (including phenoxy) is 1. The zero-order chi connectivity index (χ0) is 22.9. The number of urea groups is 1. The van der Waals surface area contributed by atoms with E-state index in [9.17, 15) is 19.2 Å². The highest BCUT2D eigenvalue weighted by Crippen LogP contribution is 2.28. The zero-order valence-corrected chi connectivity index (χ0v) is 17.3. The van der Waals surface area contributed by atoms with E-state index < -0.39 is 17.5 Å². The van der Waals surface area contributed by atoms with Gasteiger partial charge in [-0.05, 0) is 29.8 Å². The molecule has 3 N–H and O–H groups in total. The summed E-state index contributed by atoms with van der Waals surface area (Å²) in [7, 11) is 3.01. The van der Waals surface area contributed by atoms with Crippen LogP contribution in [0.5, 0.6) is 5.75 Å². The Bertz CT molecular complexity index is 1200. The number of nitrogens with one attached hydrogen (secondary N) is 3. The van der Waals surface area contributed by atoms with Crippen molar-refractivity contribution >= 4 is 23.8 Å². The minimum Gasteiger partial charge on any atom is -0.497 e. The minimum atomic E-state index is -1.63. The lowest BCUT2D eigenvalue weighted by atomic mass is 9.99. The first-order valence-electron chi connectivity index (χ1n) is 9.66. The molecule has 5 amide bonds. The molecule has 0 saturated carbocycles. The molecule has 1 unspecified atom stereocenters. The fourth-order valence-electron chi connectivity index (χ4n) is 3.52. The molecule has 2 aliphatic rings. The van der Waals surface area contributed by atoms with Crippen LogP contribution in [0.15, 0.2) is 36.5 Å². The molecule has 32 heavy (non-hydrogen) atoms. The number of hydrogen-bond donors (Lipinski definition) is 3. The maximum absolute atomic E-state index is 12.9. The number of rotatable bonds is 4. The molecule has 4 rings (SSSR count). The Labute approximate surface area is 183 Å². The molecule has 1 atom stereocenters. The van der Waals surface area contributed by atoms with Crippen LogP contribution in [0.25, 0.3) is 0 Å². The number of pyridine rings is 1. The van der Waals surface area contributed by atoms with E-state index in [4.69, 9.17) is 4.74 Å². The molecule has 1 fully saturated rings. The minimum absolute atomic E-state index is 0.142. The van der Waals surface area contributed by atoms with E-state index in [0.717, 1.165) is 5.56 Å². The van der Waals surface area contributed by atoms with Crippen LogP contribution in [0.2, 0.25) is 0 Å². The van der Waals surface area contributed by atoms with Crippen LogP contribution in [0.3, 0.4) is 0 Å². The molecular weight excluding hydrogens is 414 g/mol. The average molecular weight is 433 g/mol. The molecule has 0 spiro atoms. The number of methoxy groups -OCH3 is 1. The van der Waals surface area contributed by atoms with E-state index in [2.05, 4.69) is 32.8 Å². The van der Waals surface area contributed by atoms with E-state index in [1.165, 1.54) is 31.3 Å². The van der Waals surface area contributed by atoms with Gasteiger partial charge in [0.05, 0.1) is 13.7 Å². The highest BCUT2D eigenvalue weighted by atomic mass is 16.5. The molecule has 0 radical (unpaired) electrons. The largest absolute Gasteiger partial charge is 0.497 e. The molecule has 0 bridgehead atoms. The van der Waals surface area contributed by atoms with Crippen molar-refractivity contribution in [3.8, 4) is 17.6 Å². The summed E-state index contributed by atoms with van der Waals surface area (Å²) in [5.74, 6) is 4.89. The topological polar surface area (TPSA) is 130 Å². The summed E-state index contributed by atoms with van der Waals surface area (Å²) >= 11 is 0. The van der Waals surface area contributed by atoms with Gasteiger partial charge < -0.3 is 20.3 Å². The van der Waals surface area contributed by atoms with Gasteiger partial charge in [0, 0.05) is 30.9 Å². The number of amides is 5. The second-order valence-electron chi connectivity index (χ2n) is 7.26. The number of aromatic nitrogens is 1. The normalized spacial score (nSPS) is 18.9. The predicted octanol–water partition coefficient (Wildman–Crippen LogP) is 0.0355. The van der Waals surface area contributed by atoms with E-state index in [-0.39, 0.29) is 30.6 Å². The number of imide groups is 1. The van der Waals surface area contributed by atoms with Gasteiger partial charge in [0.15, 0.2) is 0 Å². The number of nitrogens with zero attached hydrogens (tertiary/aromatic N) is 2. The number of carbonyl (C=O) groups excluding carboxylic acids is 4. The molecular formula is C22H19N5O5. The monoisotopic (exact) mass is 433 g/mol. The fraction of sp³-hybridized carbons (Fsp3) is 0.227. The SMILES string of the molecule is CNC(=O)c1ccc(C#CC2(CN3Cc4ccc(OC)cc4C3=O)NC(=O)NC2=O)cn1. The van der Waals surface area contributed by atoms with Gasteiger partial charge >= 0.3 is 6.03 Å². The van der Waals surface area contributed by atoms with Gasteiger partial charge in [-0.25, -0.2) is 9.78 Å².